The Morgan fingerprint density at radius 3 is 2.38 bits per heavy atom. The Morgan fingerprint density at radius 1 is 1.19 bits per heavy atom. The van der Waals surface area contributed by atoms with E-state index in [1.54, 1.807) is 6.92 Å². The van der Waals surface area contributed by atoms with E-state index < -0.39 is 0 Å². The molecular formula is C12H24N2O2. The van der Waals surface area contributed by atoms with Crippen LogP contribution in [-0.2, 0) is 9.59 Å². The van der Waals surface area contributed by atoms with Crippen LogP contribution >= 0.6 is 0 Å². The molecule has 0 aliphatic rings. The summed E-state index contributed by atoms with van der Waals surface area (Å²) in [4.78, 5) is 24.2. The van der Waals surface area contributed by atoms with Crippen molar-refractivity contribution < 1.29 is 9.59 Å². The van der Waals surface area contributed by atoms with Gasteiger partial charge >= 0.3 is 0 Å². The first kappa shape index (κ1) is 15.1. The van der Waals surface area contributed by atoms with E-state index in [9.17, 15) is 9.59 Å². The predicted molar refractivity (Wildman–Crippen MR) is 65.3 cm³/mol. The molecule has 1 amide bonds. The highest BCUT2D eigenvalue weighted by molar-refractivity contribution is 5.77. The van der Waals surface area contributed by atoms with Gasteiger partial charge in [-0.1, -0.05) is 6.92 Å². The molecule has 0 atom stereocenters. The molecule has 4 nitrogen and oxygen atoms in total. The number of nitrogens with one attached hydrogen (secondary N) is 1. The SMILES string of the molecule is CCNC(=O)CN(CC)CCCCC(C)=O. The highest BCUT2D eigenvalue weighted by Gasteiger charge is 2.07. The molecule has 0 saturated heterocycles. The lowest BCUT2D eigenvalue weighted by atomic mass is 10.2. The Morgan fingerprint density at radius 2 is 1.88 bits per heavy atom. The number of unbranched alkanes of at least 4 members (excludes halogenated alkanes) is 1. The number of amides is 1. The van der Waals surface area contributed by atoms with Crippen molar-refractivity contribution in [3.8, 4) is 0 Å². The highest BCUT2D eigenvalue weighted by Crippen LogP contribution is 1.99. The summed E-state index contributed by atoms with van der Waals surface area (Å²) in [5.74, 6) is 0.322. The molecule has 16 heavy (non-hydrogen) atoms. The van der Waals surface area contributed by atoms with E-state index in [0.29, 0.717) is 19.5 Å². The Labute approximate surface area is 98.4 Å². The average molecular weight is 228 g/mol. The van der Waals surface area contributed by atoms with E-state index >= 15 is 0 Å². The summed E-state index contributed by atoms with van der Waals surface area (Å²) >= 11 is 0. The van der Waals surface area contributed by atoms with Gasteiger partial charge in [0.05, 0.1) is 6.54 Å². The topological polar surface area (TPSA) is 49.4 Å². The zero-order valence-corrected chi connectivity index (χ0v) is 10.7. The molecule has 94 valence electrons. The van der Waals surface area contributed by atoms with Crippen LogP contribution in [0.1, 0.15) is 40.0 Å². The number of ketones is 1. The Balaban J connectivity index is 3.66. The maximum absolute atomic E-state index is 11.3. The molecular weight excluding hydrogens is 204 g/mol. The van der Waals surface area contributed by atoms with Crippen LogP contribution in [-0.4, -0.2) is 42.8 Å². The van der Waals surface area contributed by atoms with Crippen molar-refractivity contribution in [1.82, 2.24) is 10.2 Å². The van der Waals surface area contributed by atoms with E-state index in [1.165, 1.54) is 0 Å². The fraction of sp³-hybridized carbons (Fsp3) is 0.833. The monoisotopic (exact) mass is 228 g/mol. The van der Waals surface area contributed by atoms with Crippen LogP contribution in [0.3, 0.4) is 0 Å². The summed E-state index contributed by atoms with van der Waals surface area (Å²) < 4.78 is 0. The third kappa shape index (κ3) is 8.41. The number of Topliss-reactive ketones (excluding diaryl/α,β-unsaturated/α-hetero) is 1. The van der Waals surface area contributed by atoms with Gasteiger partial charge in [0.1, 0.15) is 5.78 Å². The minimum absolute atomic E-state index is 0.0796. The number of nitrogens with zero attached hydrogens (tertiary/aromatic N) is 1. The van der Waals surface area contributed by atoms with Crippen molar-refractivity contribution >= 4 is 11.7 Å². The first-order valence-corrected chi connectivity index (χ1v) is 6.08. The van der Waals surface area contributed by atoms with Gasteiger partial charge in [-0.15, -0.1) is 0 Å². The van der Waals surface area contributed by atoms with Gasteiger partial charge < -0.3 is 10.1 Å². The summed E-state index contributed by atoms with van der Waals surface area (Å²) in [6.07, 6.45) is 2.55. The molecule has 0 heterocycles. The average Bonchev–Trinajstić information content (AvgIpc) is 2.22. The van der Waals surface area contributed by atoms with Gasteiger partial charge in [0.2, 0.25) is 5.91 Å². The van der Waals surface area contributed by atoms with Gasteiger partial charge in [0.25, 0.3) is 0 Å². The molecule has 0 unspecified atom stereocenters. The van der Waals surface area contributed by atoms with Crippen LogP contribution in [0.2, 0.25) is 0 Å². The van der Waals surface area contributed by atoms with Gasteiger partial charge in [0.15, 0.2) is 0 Å². The normalized spacial score (nSPS) is 10.5. The van der Waals surface area contributed by atoms with E-state index in [2.05, 4.69) is 10.2 Å². The maximum Gasteiger partial charge on any atom is 0.234 e. The van der Waals surface area contributed by atoms with Crippen molar-refractivity contribution in [2.45, 2.75) is 40.0 Å². The molecule has 0 aromatic rings. The smallest absolute Gasteiger partial charge is 0.234 e. The van der Waals surface area contributed by atoms with Crippen LogP contribution in [0, 0.1) is 0 Å². The van der Waals surface area contributed by atoms with Gasteiger partial charge in [-0.25, -0.2) is 0 Å². The summed E-state index contributed by atoms with van der Waals surface area (Å²) in [7, 11) is 0. The van der Waals surface area contributed by atoms with Crippen LogP contribution < -0.4 is 5.32 Å². The first-order chi connectivity index (χ1) is 7.60. The summed E-state index contributed by atoms with van der Waals surface area (Å²) in [5, 5.41) is 2.78. The molecule has 0 spiro atoms. The lowest BCUT2D eigenvalue weighted by Crippen LogP contribution is -2.37. The van der Waals surface area contributed by atoms with Crippen LogP contribution in [0.5, 0.6) is 0 Å². The molecule has 0 saturated carbocycles. The fourth-order valence-corrected chi connectivity index (χ4v) is 1.51. The van der Waals surface area contributed by atoms with Gasteiger partial charge in [-0.3, -0.25) is 9.69 Å². The third-order valence-corrected chi connectivity index (χ3v) is 2.44. The molecule has 0 rings (SSSR count). The number of carbonyl (C=O) groups is 2. The van der Waals surface area contributed by atoms with E-state index in [4.69, 9.17) is 0 Å². The number of carbonyl (C=O) groups excluding carboxylic acids is 2. The lowest BCUT2D eigenvalue weighted by Gasteiger charge is -2.19. The number of hydrogen-bond acceptors (Lipinski definition) is 3. The summed E-state index contributed by atoms with van der Waals surface area (Å²) in [6.45, 7) is 8.49. The minimum Gasteiger partial charge on any atom is -0.355 e. The summed E-state index contributed by atoms with van der Waals surface area (Å²) in [5.41, 5.74) is 0. The largest absolute Gasteiger partial charge is 0.355 e. The fourth-order valence-electron chi connectivity index (χ4n) is 1.51. The van der Waals surface area contributed by atoms with Crippen molar-refractivity contribution in [2.75, 3.05) is 26.2 Å². The second kappa shape index (κ2) is 9.33. The molecule has 4 heteroatoms. The molecule has 0 fully saturated rings. The quantitative estimate of drug-likeness (QED) is 0.603. The van der Waals surface area contributed by atoms with Gasteiger partial charge in [0, 0.05) is 13.0 Å². The Hall–Kier alpha value is -0.900. The number of likely N-dealkylation sites (N-methyl/N-ethyl adjacent to an activating group) is 2. The molecule has 0 bridgehead atoms. The van der Waals surface area contributed by atoms with Crippen molar-refractivity contribution in [3.63, 3.8) is 0 Å². The molecule has 0 aromatic carbocycles. The van der Waals surface area contributed by atoms with E-state index in [1.807, 2.05) is 13.8 Å². The van der Waals surface area contributed by atoms with E-state index in [-0.39, 0.29) is 11.7 Å². The second-order valence-corrected chi connectivity index (χ2v) is 3.98. The molecule has 0 aliphatic heterocycles. The summed E-state index contributed by atoms with van der Waals surface area (Å²) in [6, 6.07) is 0. The van der Waals surface area contributed by atoms with Crippen molar-refractivity contribution in [2.24, 2.45) is 0 Å². The zero-order chi connectivity index (χ0) is 12.4. The van der Waals surface area contributed by atoms with Gasteiger partial charge in [-0.05, 0) is 39.8 Å². The minimum atomic E-state index is 0.0796. The maximum atomic E-state index is 11.3. The lowest BCUT2D eigenvalue weighted by molar-refractivity contribution is -0.122. The number of hydrogen-bond donors (Lipinski definition) is 1. The molecule has 1 N–H and O–H groups in total. The zero-order valence-electron chi connectivity index (χ0n) is 10.7. The Bertz CT molecular complexity index is 217. The molecule has 0 aromatic heterocycles. The van der Waals surface area contributed by atoms with Crippen molar-refractivity contribution in [3.05, 3.63) is 0 Å². The second-order valence-electron chi connectivity index (χ2n) is 3.98. The number of rotatable bonds is 9. The standard InChI is InChI=1S/C12H24N2O2/c1-4-13-12(16)10-14(5-2)9-7-6-8-11(3)15/h4-10H2,1-3H3,(H,13,16). The van der Waals surface area contributed by atoms with Crippen LogP contribution in [0.25, 0.3) is 0 Å². The molecule has 0 aliphatic carbocycles. The predicted octanol–water partition coefficient (Wildman–Crippen LogP) is 1.20. The van der Waals surface area contributed by atoms with Crippen LogP contribution in [0.4, 0.5) is 0 Å². The first-order valence-electron chi connectivity index (χ1n) is 6.08. The van der Waals surface area contributed by atoms with E-state index in [0.717, 1.165) is 25.9 Å². The molecule has 0 radical (unpaired) electrons. The van der Waals surface area contributed by atoms with Gasteiger partial charge in [-0.2, -0.15) is 0 Å². The Kier molecular flexibility index (Phi) is 8.81. The van der Waals surface area contributed by atoms with Crippen LogP contribution in [0.15, 0.2) is 0 Å². The highest BCUT2D eigenvalue weighted by atomic mass is 16.2. The van der Waals surface area contributed by atoms with Crippen molar-refractivity contribution in [1.29, 1.82) is 0 Å². The third-order valence-electron chi connectivity index (χ3n) is 2.44.